The molecule has 1 aromatic heterocycles. The Labute approximate surface area is 196 Å². The van der Waals surface area contributed by atoms with Crippen molar-refractivity contribution in [3.63, 3.8) is 0 Å². The fourth-order valence-corrected chi connectivity index (χ4v) is 4.98. The topological polar surface area (TPSA) is 59.7 Å². The first kappa shape index (κ1) is 21.3. The smallest absolute Gasteiger partial charge is 0.282 e. The minimum absolute atomic E-state index is 0.113. The van der Waals surface area contributed by atoms with Crippen LogP contribution >= 0.6 is 15.9 Å². The van der Waals surface area contributed by atoms with Crippen molar-refractivity contribution in [2.45, 2.75) is 38.0 Å². The van der Waals surface area contributed by atoms with Gasteiger partial charge in [0.25, 0.3) is 5.56 Å². The van der Waals surface area contributed by atoms with Gasteiger partial charge in [0.1, 0.15) is 5.82 Å². The van der Waals surface area contributed by atoms with E-state index in [0.29, 0.717) is 5.39 Å². The lowest BCUT2D eigenvalue weighted by Gasteiger charge is -2.28. The molecule has 6 nitrogen and oxygen atoms in total. The summed E-state index contributed by atoms with van der Waals surface area (Å²) in [5.74, 6) is 1.05. The van der Waals surface area contributed by atoms with Crippen molar-refractivity contribution in [2.24, 2.45) is 5.10 Å². The summed E-state index contributed by atoms with van der Waals surface area (Å²) in [4.78, 5) is 20.6. The first-order chi connectivity index (χ1) is 15.7. The first-order valence-corrected chi connectivity index (χ1v) is 12.2. The number of ether oxygens (including phenoxy) is 1. The monoisotopic (exact) mass is 494 g/mol. The Balaban J connectivity index is 1.49. The largest absolute Gasteiger partial charge is 0.378 e. The van der Waals surface area contributed by atoms with E-state index in [0.717, 1.165) is 60.5 Å². The van der Waals surface area contributed by atoms with Crippen LogP contribution in [0.25, 0.3) is 10.9 Å². The molecule has 0 amide bonds. The van der Waals surface area contributed by atoms with Crippen LogP contribution in [0.1, 0.15) is 49.4 Å². The number of anilines is 1. The molecular formula is C25H27BrN4O2. The van der Waals surface area contributed by atoms with Gasteiger partial charge >= 0.3 is 0 Å². The van der Waals surface area contributed by atoms with Gasteiger partial charge in [0.15, 0.2) is 0 Å². The van der Waals surface area contributed by atoms with E-state index < -0.39 is 0 Å². The van der Waals surface area contributed by atoms with E-state index in [1.807, 2.05) is 30.3 Å². The minimum atomic E-state index is -0.113. The molecule has 0 radical (unpaired) electrons. The van der Waals surface area contributed by atoms with Gasteiger partial charge in [-0.15, -0.1) is 0 Å². The normalized spacial score (nSPS) is 18.0. The number of halogens is 1. The van der Waals surface area contributed by atoms with Gasteiger partial charge in [0.05, 0.1) is 30.3 Å². The predicted molar refractivity (Wildman–Crippen MR) is 132 cm³/mol. The molecule has 2 aromatic carbocycles. The third-order valence-corrected chi connectivity index (χ3v) is 6.89. The van der Waals surface area contributed by atoms with Crippen LogP contribution in [-0.4, -0.2) is 42.2 Å². The lowest BCUT2D eigenvalue weighted by molar-refractivity contribution is 0.122. The maximum absolute atomic E-state index is 13.4. The average molecular weight is 495 g/mol. The van der Waals surface area contributed by atoms with Gasteiger partial charge in [-0.25, -0.2) is 4.98 Å². The van der Waals surface area contributed by atoms with E-state index in [1.54, 1.807) is 6.21 Å². The van der Waals surface area contributed by atoms with Crippen molar-refractivity contribution < 1.29 is 4.74 Å². The molecule has 2 heterocycles. The maximum atomic E-state index is 13.4. The average Bonchev–Trinajstić information content (AvgIpc) is 2.85. The summed E-state index contributed by atoms with van der Waals surface area (Å²) in [7, 11) is 0. The number of rotatable bonds is 4. The van der Waals surface area contributed by atoms with Crippen LogP contribution in [0.15, 0.2) is 56.8 Å². The van der Waals surface area contributed by atoms with Crippen molar-refractivity contribution in [1.29, 1.82) is 0 Å². The van der Waals surface area contributed by atoms with Gasteiger partial charge in [-0.05, 0) is 48.7 Å². The summed E-state index contributed by atoms with van der Waals surface area (Å²) in [6.45, 7) is 3.35. The zero-order chi connectivity index (χ0) is 21.9. The molecule has 1 saturated carbocycles. The molecular weight excluding hydrogens is 468 g/mol. The van der Waals surface area contributed by atoms with Crippen LogP contribution in [0.3, 0.4) is 0 Å². The van der Waals surface area contributed by atoms with E-state index >= 15 is 0 Å². The third kappa shape index (κ3) is 4.50. The summed E-state index contributed by atoms with van der Waals surface area (Å²) < 4.78 is 7.83. The highest BCUT2D eigenvalue weighted by atomic mass is 79.9. The van der Waals surface area contributed by atoms with Crippen LogP contribution in [-0.2, 0) is 4.74 Å². The van der Waals surface area contributed by atoms with Gasteiger partial charge in [0.2, 0.25) is 0 Å². The molecule has 2 fully saturated rings. The zero-order valence-electron chi connectivity index (χ0n) is 18.0. The number of hydrogen-bond acceptors (Lipinski definition) is 5. The molecule has 1 aliphatic carbocycles. The number of aromatic nitrogens is 2. The van der Waals surface area contributed by atoms with E-state index in [1.165, 1.54) is 29.6 Å². The Morgan fingerprint density at radius 1 is 1.03 bits per heavy atom. The van der Waals surface area contributed by atoms with Crippen molar-refractivity contribution in [3.05, 3.63) is 68.7 Å². The van der Waals surface area contributed by atoms with Crippen molar-refractivity contribution in [3.8, 4) is 0 Å². The molecule has 7 heteroatoms. The van der Waals surface area contributed by atoms with E-state index in [4.69, 9.17) is 9.72 Å². The van der Waals surface area contributed by atoms with E-state index in [2.05, 4.69) is 38.1 Å². The van der Waals surface area contributed by atoms with Crippen LogP contribution < -0.4 is 10.5 Å². The molecule has 0 atom stereocenters. The molecule has 1 aliphatic heterocycles. The number of benzene rings is 2. The molecule has 0 bridgehead atoms. The van der Waals surface area contributed by atoms with Crippen LogP contribution in [0.4, 0.5) is 5.69 Å². The molecule has 2 aliphatic rings. The van der Waals surface area contributed by atoms with Gasteiger partial charge in [-0.3, -0.25) is 4.79 Å². The third-order valence-electron chi connectivity index (χ3n) is 6.40. The first-order valence-electron chi connectivity index (χ1n) is 11.4. The zero-order valence-corrected chi connectivity index (χ0v) is 19.6. The summed E-state index contributed by atoms with van der Waals surface area (Å²) in [5.41, 5.74) is 2.76. The Morgan fingerprint density at radius 2 is 1.78 bits per heavy atom. The molecule has 3 aromatic rings. The molecule has 0 unspecified atom stereocenters. The van der Waals surface area contributed by atoms with E-state index in [-0.39, 0.29) is 11.5 Å². The Bertz CT molecular complexity index is 1180. The fraction of sp³-hybridized carbons (Fsp3) is 0.400. The Kier molecular flexibility index (Phi) is 6.37. The number of fused-ring (bicyclic) bond motifs is 1. The lowest BCUT2D eigenvalue weighted by atomic mass is 9.88. The Morgan fingerprint density at radius 3 is 2.53 bits per heavy atom. The highest BCUT2D eigenvalue weighted by molar-refractivity contribution is 9.10. The SMILES string of the molecule is O=c1c2cc(Br)ccc2nc(C2CCCCC2)n1N=Cc1ccc(N2CCOCC2)cc1. The molecule has 5 rings (SSSR count). The van der Waals surface area contributed by atoms with Gasteiger partial charge in [-0.1, -0.05) is 47.3 Å². The highest BCUT2D eigenvalue weighted by Gasteiger charge is 2.22. The quantitative estimate of drug-likeness (QED) is 0.482. The summed E-state index contributed by atoms with van der Waals surface area (Å²) in [6.07, 6.45) is 7.47. The standard InChI is InChI=1S/C25H27BrN4O2/c26-20-8-11-23-22(16-20)25(31)30(24(28-23)19-4-2-1-3-5-19)27-17-18-6-9-21(10-7-18)29-12-14-32-15-13-29/h6-11,16-17,19H,1-5,12-15H2. The van der Waals surface area contributed by atoms with Crippen molar-refractivity contribution >= 4 is 38.7 Å². The van der Waals surface area contributed by atoms with Gasteiger partial charge in [0, 0.05) is 29.2 Å². The van der Waals surface area contributed by atoms with E-state index in [9.17, 15) is 4.79 Å². The van der Waals surface area contributed by atoms with Crippen LogP contribution in [0, 0.1) is 0 Å². The van der Waals surface area contributed by atoms with Gasteiger partial charge < -0.3 is 9.64 Å². The number of nitrogens with zero attached hydrogens (tertiary/aromatic N) is 4. The van der Waals surface area contributed by atoms with Crippen LogP contribution in [0.2, 0.25) is 0 Å². The lowest BCUT2D eigenvalue weighted by Crippen LogP contribution is -2.36. The maximum Gasteiger partial charge on any atom is 0.282 e. The summed E-state index contributed by atoms with van der Waals surface area (Å²) in [5, 5.41) is 5.22. The highest BCUT2D eigenvalue weighted by Crippen LogP contribution is 2.32. The predicted octanol–water partition coefficient (Wildman–Crippen LogP) is 4.93. The number of morpholine rings is 1. The minimum Gasteiger partial charge on any atom is -0.378 e. The molecule has 0 N–H and O–H groups in total. The van der Waals surface area contributed by atoms with Crippen LogP contribution in [0.5, 0.6) is 0 Å². The van der Waals surface area contributed by atoms with Crippen molar-refractivity contribution in [2.75, 3.05) is 31.2 Å². The van der Waals surface area contributed by atoms with Crippen molar-refractivity contribution in [1.82, 2.24) is 9.66 Å². The Hall–Kier alpha value is -2.51. The fourth-order valence-electron chi connectivity index (χ4n) is 4.62. The summed E-state index contributed by atoms with van der Waals surface area (Å²) in [6, 6.07) is 14.0. The van der Waals surface area contributed by atoms with Gasteiger partial charge in [-0.2, -0.15) is 9.78 Å². The summed E-state index contributed by atoms with van der Waals surface area (Å²) >= 11 is 3.48. The number of hydrogen-bond donors (Lipinski definition) is 0. The second kappa shape index (κ2) is 9.55. The molecule has 1 saturated heterocycles. The molecule has 0 spiro atoms. The molecule has 166 valence electrons. The molecule has 32 heavy (non-hydrogen) atoms. The second-order valence-corrected chi connectivity index (χ2v) is 9.43. The second-order valence-electron chi connectivity index (χ2n) is 8.52.